The van der Waals surface area contributed by atoms with Crippen molar-refractivity contribution in [3.8, 4) is 17.3 Å². The molecule has 1 atom stereocenters. The Kier molecular flexibility index (Phi) is 4.67. The van der Waals surface area contributed by atoms with E-state index in [4.69, 9.17) is 4.42 Å². The number of nitrogens with zero attached hydrogens (tertiary/aromatic N) is 3. The standard InChI is InChI=1S/C24H22N4O2/c1-16-7-4-10-18(15-16)28-23(21-13-6-14-30-21)26-22(27-28)24(29)25-20-12-5-9-17-8-2-3-11-19(17)20/h2-4,6-8,10-11,13-15,20H,5,9,12H2,1H3,(H,25,29)/t20-/m1/s1. The van der Waals surface area contributed by atoms with Gasteiger partial charge in [0, 0.05) is 0 Å². The molecular formula is C24H22N4O2. The van der Waals surface area contributed by atoms with Crippen LogP contribution in [0, 0.1) is 6.92 Å². The van der Waals surface area contributed by atoms with Gasteiger partial charge in [-0.25, -0.2) is 4.68 Å². The van der Waals surface area contributed by atoms with Crippen LogP contribution in [0.15, 0.2) is 71.3 Å². The number of aromatic nitrogens is 3. The molecule has 1 amide bonds. The fraction of sp³-hybridized carbons (Fsp3) is 0.208. The molecule has 1 aliphatic carbocycles. The summed E-state index contributed by atoms with van der Waals surface area (Å²) in [6, 6.07) is 19.8. The van der Waals surface area contributed by atoms with Crippen molar-refractivity contribution in [2.24, 2.45) is 0 Å². The van der Waals surface area contributed by atoms with Gasteiger partial charge in [-0.2, -0.15) is 4.98 Å². The summed E-state index contributed by atoms with van der Waals surface area (Å²) in [6.07, 6.45) is 4.59. The van der Waals surface area contributed by atoms with Gasteiger partial charge < -0.3 is 9.73 Å². The Morgan fingerprint density at radius 2 is 2.03 bits per heavy atom. The summed E-state index contributed by atoms with van der Waals surface area (Å²) in [5, 5.41) is 7.66. The summed E-state index contributed by atoms with van der Waals surface area (Å²) >= 11 is 0. The van der Waals surface area contributed by atoms with Crippen molar-refractivity contribution in [2.45, 2.75) is 32.2 Å². The van der Waals surface area contributed by atoms with Gasteiger partial charge in [-0.3, -0.25) is 4.79 Å². The normalized spacial score (nSPS) is 15.6. The number of aryl methyl sites for hydroxylation is 2. The molecule has 0 radical (unpaired) electrons. The summed E-state index contributed by atoms with van der Waals surface area (Å²) in [5.74, 6) is 0.910. The van der Waals surface area contributed by atoms with Gasteiger partial charge >= 0.3 is 0 Å². The predicted molar refractivity (Wildman–Crippen MR) is 113 cm³/mol. The van der Waals surface area contributed by atoms with Crippen LogP contribution in [0.5, 0.6) is 0 Å². The SMILES string of the molecule is Cc1cccc(-n2nc(C(=O)N[C@@H]3CCCc4ccccc43)nc2-c2ccco2)c1. The number of carbonyl (C=O) groups is 1. The number of amides is 1. The summed E-state index contributed by atoms with van der Waals surface area (Å²) in [6.45, 7) is 2.02. The summed E-state index contributed by atoms with van der Waals surface area (Å²) < 4.78 is 7.21. The third kappa shape index (κ3) is 3.41. The smallest absolute Gasteiger partial charge is 0.291 e. The zero-order valence-electron chi connectivity index (χ0n) is 16.7. The molecule has 4 aromatic rings. The Balaban J connectivity index is 1.49. The highest BCUT2D eigenvalue weighted by Crippen LogP contribution is 2.30. The lowest BCUT2D eigenvalue weighted by atomic mass is 9.88. The minimum absolute atomic E-state index is 0.0274. The zero-order valence-corrected chi connectivity index (χ0v) is 16.7. The van der Waals surface area contributed by atoms with E-state index in [1.807, 2.05) is 49.4 Å². The Morgan fingerprint density at radius 1 is 1.13 bits per heavy atom. The molecule has 30 heavy (non-hydrogen) atoms. The molecule has 1 aliphatic rings. The van der Waals surface area contributed by atoms with Crippen molar-refractivity contribution in [2.75, 3.05) is 0 Å². The van der Waals surface area contributed by atoms with Crippen LogP contribution in [0.25, 0.3) is 17.3 Å². The average molecular weight is 398 g/mol. The minimum atomic E-state index is -0.282. The number of rotatable bonds is 4. The lowest BCUT2D eigenvalue weighted by Gasteiger charge is -2.25. The lowest BCUT2D eigenvalue weighted by Crippen LogP contribution is -2.31. The first kappa shape index (κ1) is 18.4. The highest BCUT2D eigenvalue weighted by atomic mass is 16.3. The summed E-state index contributed by atoms with van der Waals surface area (Å²) in [4.78, 5) is 17.6. The van der Waals surface area contributed by atoms with E-state index < -0.39 is 0 Å². The maximum absolute atomic E-state index is 13.1. The third-order valence-corrected chi connectivity index (χ3v) is 5.47. The number of hydrogen-bond donors (Lipinski definition) is 1. The highest BCUT2D eigenvalue weighted by Gasteiger charge is 2.25. The highest BCUT2D eigenvalue weighted by molar-refractivity contribution is 5.91. The van der Waals surface area contributed by atoms with Crippen LogP contribution in [0.4, 0.5) is 0 Å². The number of fused-ring (bicyclic) bond motifs is 1. The fourth-order valence-corrected chi connectivity index (χ4v) is 4.04. The molecule has 2 heterocycles. The second-order valence-corrected chi connectivity index (χ2v) is 7.60. The molecule has 1 N–H and O–H groups in total. The van der Waals surface area contributed by atoms with E-state index in [-0.39, 0.29) is 17.8 Å². The first-order valence-corrected chi connectivity index (χ1v) is 10.2. The van der Waals surface area contributed by atoms with Crippen molar-refractivity contribution < 1.29 is 9.21 Å². The first-order valence-electron chi connectivity index (χ1n) is 10.2. The van der Waals surface area contributed by atoms with Gasteiger partial charge in [0.15, 0.2) is 11.6 Å². The van der Waals surface area contributed by atoms with Crippen molar-refractivity contribution in [1.82, 2.24) is 20.1 Å². The van der Waals surface area contributed by atoms with Gasteiger partial charge in [0.05, 0.1) is 18.0 Å². The van der Waals surface area contributed by atoms with E-state index in [1.165, 1.54) is 11.1 Å². The monoisotopic (exact) mass is 398 g/mol. The summed E-state index contributed by atoms with van der Waals surface area (Å²) in [5.41, 5.74) is 4.40. The molecule has 6 heteroatoms. The van der Waals surface area contributed by atoms with Crippen molar-refractivity contribution in [3.05, 3.63) is 89.4 Å². The van der Waals surface area contributed by atoms with Crippen LogP contribution in [0.3, 0.4) is 0 Å². The second kappa shape index (κ2) is 7.63. The van der Waals surface area contributed by atoms with Crippen LogP contribution in [0.2, 0.25) is 0 Å². The molecule has 0 bridgehead atoms. The topological polar surface area (TPSA) is 73.0 Å². The number of carbonyl (C=O) groups excluding carboxylic acids is 1. The molecule has 2 aromatic heterocycles. The largest absolute Gasteiger partial charge is 0.461 e. The van der Waals surface area contributed by atoms with E-state index in [2.05, 4.69) is 27.5 Å². The van der Waals surface area contributed by atoms with Crippen LogP contribution >= 0.6 is 0 Å². The summed E-state index contributed by atoms with van der Waals surface area (Å²) in [7, 11) is 0. The molecule has 150 valence electrons. The van der Waals surface area contributed by atoms with Crippen molar-refractivity contribution >= 4 is 5.91 Å². The van der Waals surface area contributed by atoms with Gasteiger partial charge in [0.1, 0.15) is 0 Å². The zero-order chi connectivity index (χ0) is 20.5. The van der Waals surface area contributed by atoms with E-state index in [1.54, 1.807) is 17.0 Å². The van der Waals surface area contributed by atoms with Crippen molar-refractivity contribution in [3.63, 3.8) is 0 Å². The molecule has 0 fully saturated rings. The Labute approximate surface area is 174 Å². The third-order valence-electron chi connectivity index (χ3n) is 5.47. The molecule has 0 spiro atoms. The van der Waals surface area contributed by atoms with E-state index in [0.29, 0.717) is 11.6 Å². The molecule has 5 rings (SSSR count). The maximum atomic E-state index is 13.1. The van der Waals surface area contributed by atoms with Gasteiger partial charge in [-0.1, -0.05) is 36.4 Å². The van der Waals surface area contributed by atoms with E-state index in [0.717, 1.165) is 30.5 Å². The number of hydrogen-bond acceptors (Lipinski definition) is 4. The van der Waals surface area contributed by atoms with Crippen LogP contribution in [-0.2, 0) is 6.42 Å². The number of benzene rings is 2. The fourth-order valence-electron chi connectivity index (χ4n) is 4.04. The van der Waals surface area contributed by atoms with Gasteiger partial charge in [-0.15, -0.1) is 5.10 Å². The molecule has 0 saturated carbocycles. The Bertz CT molecular complexity index is 1190. The van der Waals surface area contributed by atoms with Gasteiger partial charge in [0.2, 0.25) is 5.82 Å². The molecule has 0 saturated heterocycles. The predicted octanol–water partition coefficient (Wildman–Crippen LogP) is 4.64. The molecule has 0 unspecified atom stereocenters. The first-order chi connectivity index (χ1) is 14.7. The molecule has 0 aliphatic heterocycles. The van der Waals surface area contributed by atoms with Crippen molar-refractivity contribution in [1.29, 1.82) is 0 Å². The van der Waals surface area contributed by atoms with Gasteiger partial charge in [0.25, 0.3) is 5.91 Å². The number of nitrogens with one attached hydrogen (secondary N) is 1. The quantitative estimate of drug-likeness (QED) is 0.543. The van der Waals surface area contributed by atoms with E-state index >= 15 is 0 Å². The average Bonchev–Trinajstić information content (AvgIpc) is 3.44. The number of furan rings is 1. The molecule has 2 aromatic carbocycles. The molecular weight excluding hydrogens is 376 g/mol. The van der Waals surface area contributed by atoms with Crippen LogP contribution in [-0.4, -0.2) is 20.7 Å². The molecule has 6 nitrogen and oxygen atoms in total. The minimum Gasteiger partial charge on any atom is -0.461 e. The van der Waals surface area contributed by atoms with Crippen LogP contribution < -0.4 is 5.32 Å². The Hall–Kier alpha value is -3.67. The Morgan fingerprint density at radius 3 is 2.87 bits per heavy atom. The van der Waals surface area contributed by atoms with Gasteiger partial charge in [-0.05, 0) is 67.1 Å². The maximum Gasteiger partial charge on any atom is 0.291 e. The van der Waals surface area contributed by atoms with E-state index in [9.17, 15) is 4.79 Å². The second-order valence-electron chi connectivity index (χ2n) is 7.60. The lowest BCUT2D eigenvalue weighted by molar-refractivity contribution is 0.0922. The van der Waals surface area contributed by atoms with Crippen LogP contribution in [0.1, 0.15) is 46.2 Å².